The number of rotatable bonds is 1. The zero-order valence-corrected chi connectivity index (χ0v) is 7.03. The number of hydrogen-bond donors (Lipinski definition) is 1. The first-order chi connectivity index (χ1) is 6.67. The normalized spacial score (nSPS) is 8.50. The molecule has 0 spiro atoms. The van der Waals surface area contributed by atoms with E-state index >= 15 is 0 Å². The second kappa shape index (κ2) is 4.06. The van der Waals surface area contributed by atoms with Crippen molar-refractivity contribution < 1.29 is 9.50 Å². The highest BCUT2D eigenvalue weighted by Gasteiger charge is 2.01. The Bertz CT molecular complexity index is 450. The Labute approximate surface area is 79.9 Å². The van der Waals surface area contributed by atoms with Gasteiger partial charge in [-0.05, 0) is 24.3 Å². The van der Waals surface area contributed by atoms with Crippen molar-refractivity contribution >= 4 is 6.08 Å². The number of allylic oxidation sites excluding steroid dienone is 1. The molecule has 0 aliphatic rings. The maximum absolute atomic E-state index is 12.7. The van der Waals surface area contributed by atoms with E-state index in [0.717, 1.165) is 24.3 Å². The highest BCUT2D eigenvalue weighted by atomic mass is 19.1. The minimum atomic E-state index is -0.538. The van der Waals surface area contributed by atoms with Crippen LogP contribution in [0.1, 0.15) is 5.56 Å². The molecule has 14 heavy (non-hydrogen) atoms. The van der Waals surface area contributed by atoms with Gasteiger partial charge in [-0.3, -0.25) is 0 Å². The third-order valence-corrected chi connectivity index (χ3v) is 1.53. The first-order valence-electron chi connectivity index (χ1n) is 3.68. The number of nitrogens with zero attached hydrogens (tertiary/aromatic N) is 2. The molecule has 0 saturated carbocycles. The topological polar surface area (TPSA) is 67.8 Å². The van der Waals surface area contributed by atoms with Crippen LogP contribution in [0.5, 0.6) is 5.75 Å². The molecule has 0 saturated heterocycles. The highest BCUT2D eigenvalue weighted by Crippen LogP contribution is 2.20. The molecule has 0 aromatic heterocycles. The standard InChI is InChI=1S/C10H5FN2O/c11-9-1-2-10(14)8(4-9)3-7(5-12)6-13/h1-4,14H. The van der Waals surface area contributed by atoms with Gasteiger partial charge in [0.05, 0.1) is 0 Å². The average molecular weight is 188 g/mol. The summed E-state index contributed by atoms with van der Waals surface area (Å²) in [7, 11) is 0. The molecule has 3 nitrogen and oxygen atoms in total. The first kappa shape index (κ1) is 9.76. The minimum Gasteiger partial charge on any atom is -0.507 e. The van der Waals surface area contributed by atoms with Gasteiger partial charge in [-0.1, -0.05) is 0 Å². The van der Waals surface area contributed by atoms with Crippen molar-refractivity contribution in [2.24, 2.45) is 0 Å². The number of phenolic OH excluding ortho intramolecular Hbond substituents is 1. The molecule has 0 bridgehead atoms. The highest BCUT2D eigenvalue weighted by molar-refractivity contribution is 5.65. The van der Waals surface area contributed by atoms with E-state index in [0.29, 0.717) is 0 Å². The zero-order valence-electron chi connectivity index (χ0n) is 7.03. The van der Waals surface area contributed by atoms with Gasteiger partial charge in [-0.25, -0.2) is 4.39 Å². The summed E-state index contributed by atoms with van der Waals surface area (Å²) in [6.45, 7) is 0. The molecule has 0 amide bonds. The molecular formula is C10H5FN2O. The summed E-state index contributed by atoms with van der Waals surface area (Å²) in [6, 6.07) is 6.52. The van der Waals surface area contributed by atoms with Crippen LogP contribution in [0, 0.1) is 28.5 Å². The van der Waals surface area contributed by atoms with Gasteiger partial charge in [0.25, 0.3) is 0 Å². The molecule has 0 atom stereocenters. The van der Waals surface area contributed by atoms with Gasteiger partial charge in [0, 0.05) is 5.56 Å². The molecule has 1 aromatic rings. The Morgan fingerprint density at radius 2 is 2.00 bits per heavy atom. The van der Waals surface area contributed by atoms with Gasteiger partial charge in [0.2, 0.25) is 0 Å². The van der Waals surface area contributed by atoms with E-state index in [9.17, 15) is 9.50 Å². The number of halogens is 1. The quantitative estimate of drug-likeness (QED) is 0.685. The van der Waals surface area contributed by atoms with E-state index in [1.54, 1.807) is 12.1 Å². The lowest BCUT2D eigenvalue weighted by atomic mass is 10.1. The molecule has 1 rings (SSSR count). The third kappa shape index (κ3) is 2.09. The van der Waals surface area contributed by atoms with Crippen molar-refractivity contribution in [3.8, 4) is 17.9 Å². The Morgan fingerprint density at radius 3 is 2.57 bits per heavy atom. The number of hydrogen-bond acceptors (Lipinski definition) is 3. The van der Waals surface area contributed by atoms with E-state index < -0.39 is 5.82 Å². The average Bonchev–Trinajstić information content (AvgIpc) is 2.19. The molecule has 0 fully saturated rings. The Morgan fingerprint density at radius 1 is 1.36 bits per heavy atom. The maximum Gasteiger partial charge on any atom is 0.130 e. The van der Waals surface area contributed by atoms with Gasteiger partial charge in [0.1, 0.15) is 29.3 Å². The number of benzene rings is 1. The Balaban J connectivity index is 3.22. The summed E-state index contributed by atoms with van der Waals surface area (Å²) in [5.41, 5.74) is -0.0750. The number of phenols is 1. The summed E-state index contributed by atoms with van der Waals surface area (Å²) in [4.78, 5) is 0. The molecule has 0 aliphatic carbocycles. The molecule has 68 valence electrons. The summed E-state index contributed by atoms with van der Waals surface area (Å²) in [6.07, 6.45) is 1.12. The zero-order chi connectivity index (χ0) is 10.6. The lowest BCUT2D eigenvalue weighted by molar-refractivity contribution is 0.471. The van der Waals surface area contributed by atoms with Crippen molar-refractivity contribution in [3.05, 3.63) is 35.2 Å². The van der Waals surface area contributed by atoms with E-state index in [1.807, 2.05) is 0 Å². The molecule has 0 heterocycles. The lowest BCUT2D eigenvalue weighted by Crippen LogP contribution is -1.80. The van der Waals surface area contributed by atoms with Gasteiger partial charge >= 0.3 is 0 Å². The Kier molecular flexibility index (Phi) is 2.83. The van der Waals surface area contributed by atoms with E-state index in [1.165, 1.54) is 0 Å². The van der Waals surface area contributed by atoms with Crippen LogP contribution in [0.3, 0.4) is 0 Å². The fourth-order valence-electron chi connectivity index (χ4n) is 0.886. The number of aromatic hydroxyl groups is 1. The summed E-state index contributed by atoms with van der Waals surface area (Å²) >= 11 is 0. The summed E-state index contributed by atoms with van der Waals surface area (Å²) in [5, 5.41) is 26.1. The molecule has 0 aliphatic heterocycles. The van der Waals surface area contributed by atoms with Crippen LogP contribution in [0.2, 0.25) is 0 Å². The van der Waals surface area contributed by atoms with Gasteiger partial charge in [-0.15, -0.1) is 0 Å². The predicted octanol–water partition coefficient (Wildman–Crippen LogP) is 1.96. The third-order valence-electron chi connectivity index (χ3n) is 1.53. The van der Waals surface area contributed by atoms with Crippen LogP contribution in [-0.4, -0.2) is 5.11 Å². The van der Waals surface area contributed by atoms with E-state index in [-0.39, 0.29) is 16.9 Å². The molecule has 0 unspecified atom stereocenters. The van der Waals surface area contributed by atoms with Crippen molar-refractivity contribution in [2.45, 2.75) is 0 Å². The Hall–Kier alpha value is -2.33. The first-order valence-corrected chi connectivity index (χ1v) is 3.68. The fourth-order valence-corrected chi connectivity index (χ4v) is 0.886. The van der Waals surface area contributed by atoms with Gasteiger partial charge in [-0.2, -0.15) is 10.5 Å². The molecule has 1 aromatic carbocycles. The number of nitriles is 2. The summed E-state index contributed by atoms with van der Waals surface area (Å²) in [5.74, 6) is -0.710. The second-order valence-corrected chi connectivity index (χ2v) is 2.48. The van der Waals surface area contributed by atoms with E-state index in [2.05, 4.69) is 0 Å². The monoisotopic (exact) mass is 188 g/mol. The van der Waals surface area contributed by atoms with Crippen LogP contribution in [0.15, 0.2) is 23.8 Å². The molecule has 0 radical (unpaired) electrons. The van der Waals surface area contributed by atoms with E-state index in [4.69, 9.17) is 10.5 Å². The molecule has 1 N–H and O–H groups in total. The SMILES string of the molecule is N#CC(C#N)=Cc1cc(F)ccc1O. The van der Waals surface area contributed by atoms with Crippen molar-refractivity contribution in [3.63, 3.8) is 0 Å². The van der Waals surface area contributed by atoms with Crippen LogP contribution in [-0.2, 0) is 0 Å². The van der Waals surface area contributed by atoms with Crippen molar-refractivity contribution in [1.82, 2.24) is 0 Å². The van der Waals surface area contributed by atoms with Crippen LogP contribution in [0.25, 0.3) is 6.08 Å². The fraction of sp³-hybridized carbons (Fsp3) is 0. The lowest BCUT2D eigenvalue weighted by Gasteiger charge is -1.97. The predicted molar refractivity (Wildman–Crippen MR) is 47.3 cm³/mol. The van der Waals surface area contributed by atoms with Crippen LogP contribution >= 0.6 is 0 Å². The molecule has 4 heteroatoms. The van der Waals surface area contributed by atoms with Gasteiger partial charge in [0.15, 0.2) is 0 Å². The van der Waals surface area contributed by atoms with Crippen LogP contribution in [0.4, 0.5) is 4.39 Å². The maximum atomic E-state index is 12.7. The smallest absolute Gasteiger partial charge is 0.130 e. The molecular weight excluding hydrogens is 183 g/mol. The second-order valence-electron chi connectivity index (χ2n) is 2.48. The van der Waals surface area contributed by atoms with Crippen LogP contribution < -0.4 is 0 Å². The minimum absolute atomic E-state index is 0.114. The largest absolute Gasteiger partial charge is 0.507 e. The summed E-state index contributed by atoms with van der Waals surface area (Å²) < 4.78 is 12.7. The van der Waals surface area contributed by atoms with Gasteiger partial charge < -0.3 is 5.11 Å². The van der Waals surface area contributed by atoms with Crippen molar-refractivity contribution in [1.29, 1.82) is 10.5 Å². The van der Waals surface area contributed by atoms with Crippen molar-refractivity contribution in [2.75, 3.05) is 0 Å².